The molecule has 1 amide bonds. The van der Waals surface area contributed by atoms with Crippen molar-refractivity contribution < 1.29 is 19.8 Å². The second-order valence-corrected chi connectivity index (χ2v) is 6.16. The number of hydrogen-bond donors (Lipinski definition) is 2. The number of hydrogen-bond acceptors (Lipinski definition) is 3. The maximum absolute atomic E-state index is 12.6. The van der Waals surface area contributed by atoms with Gasteiger partial charge in [0.25, 0.3) is 5.91 Å². The highest BCUT2D eigenvalue weighted by atomic mass is 79.9. The second-order valence-electron chi connectivity index (χ2n) is 5.25. The van der Waals surface area contributed by atoms with Crippen LogP contribution in [0.5, 0.6) is 0 Å². The molecule has 0 spiro atoms. The van der Waals surface area contributed by atoms with Gasteiger partial charge in [0, 0.05) is 29.7 Å². The number of aromatic nitrogens is 1. The van der Waals surface area contributed by atoms with Crippen LogP contribution in [0.1, 0.15) is 36.8 Å². The van der Waals surface area contributed by atoms with Crippen LogP contribution in [0.25, 0.3) is 0 Å². The van der Waals surface area contributed by atoms with Crippen LogP contribution in [0.3, 0.4) is 0 Å². The summed E-state index contributed by atoms with van der Waals surface area (Å²) in [5.41, 5.74) is 0.423. The number of carbonyl (C=O) groups is 2. The minimum atomic E-state index is -1.09. The van der Waals surface area contributed by atoms with Crippen molar-refractivity contribution in [3.63, 3.8) is 0 Å². The van der Waals surface area contributed by atoms with Gasteiger partial charge in [0.2, 0.25) is 0 Å². The van der Waals surface area contributed by atoms with E-state index in [9.17, 15) is 14.7 Å². The zero-order valence-corrected chi connectivity index (χ0v) is 12.9. The SMILES string of the molecule is CC(C)n1cc(Br)cc1C(=O)N1C[C@H](O)C[C@H]1C(=O)O. The molecule has 6 nitrogen and oxygen atoms in total. The Morgan fingerprint density at radius 3 is 2.65 bits per heavy atom. The van der Waals surface area contributed by atoms with Gasteiger partial charge in [0.1, 0.15) is 11.7 Å². The van der Waals surface area contributed by atoms with E-state index in [1.54, 1.807) is 16.8 Å². The van der Waals surface area contributed by atoms with Gasteiger partial charge in [-0.2, -0.15) is 0 Å². The first-order chi connectivity index (χ1) is 9.31. The molecule has 7 heteroatoms. The Morgan fingerprint density at radius 1 is 1.45 bits per heavy atom. The minimum absolute atomic E-state index is 0.0523. The first-order valence-corrected chi connectivity index (χ1v) is 7.19. The minimum Gasteiger partial charge on any atom is -0.480 e. The zero-order valence-electron chi connectivity index (χ0n) is 11.3. The molecule has 1 aliphatic heterocycles. The van der Waals surface area contributed by atoms with E-state index < -0.39 is 18.1 Å². The number of nitrogens with zero attached hydrogens (tertiary/aromatic N) is 2. The fraction of sp³-hybridized carbons (Fsp3) is 0.538. The molecule has 0 radical (unpaired) electrons. The number of halogens is 1. The maximum atomic E-state index is 12.6. The Hall–Kier alpha value is -1.34. The first kappa shape index (κ1) is 15.1. The number of carboxylic acid groups (broad SMARTS) is 1. The van der Waals surface area contributed by atoms with Crippen LogP contribution >= 0.6 is 15.9 Å². The van der Waals surface area contributed by atoms with Crippen LogP contribution in [-0.2, 0) is 4.79 Å². The molecular weight excluding hydrogens is 328 g/mol. The van der Waals surface area contributed by atoms with E-state index in [2.05, 4.69) is 15.9 Å². The molecule has 110 valence electrons. The van der Waals surface area contributed by atoms with Crippen molar-refractivity contribution in [2.75, 3.05) is 6.54 Å². The van der Waals surface area contributed by atoms with E-state index in [0.717, 1.165) is 4.47 Å². The highest BCUT2D eigenvalue weighted by Crippen LogP contribution is 2.25. The third-order valence-corrected chi connectivity index (χ3v) is 3.85. The van der Waals surface area contributed by atoms with Crippen molar-refractivity contribution in [1.29, 1.82) is 0 Å². The lowest BCUT2D eigenvalue weighted by atomic mass is 10.2. The lowest BCUT2D eigenvalue weighted by Gasteiger charge is -2.22. The lowest BCUT2D eigenvalue weighted by molar-refractivity contribution is -0.141. The van der Waals surface area contributed by atoms with E-state index in [4.69, 9.17) is 5.11 Å². The molecule has 1 aromatic heterocycles. The van der Waals surface area contributed by atoms with Crippen LogP contribution in [0.2, 0.25) is 0 Å². The van der Waals surface area contributed by atoms with E-state index in [1.807, 2.05) is 13.8 Å². The van der Waals surface area contributed by atoms with Crippen molar-refractivity contribution in [3.05, 3.63) is 22.4 Å². The van der Waals surface area contributed by atoms with Crippen molar-refractivity contribution in [3.8, 4) is 0 Å². The standard InChI is InChI=1S/C13H17BrN2O4/c1-7(2)15-5-8(14)3-10(15)12(18)16-6-9(17)4-11(16)13(19)20/h3,5,7,9,11,17H,4,6H2,1-2H3,(H,19,20)/t9-,11+/m1/s1. The third kappa shape index (κ3) is 2.73. The average molecular weight is 345 g/mol. The van der Waals surface area contributed by atoms with Crippen molar-refractivity contribution >= 4 is 27.8 Å². The highest BCUT2D eigenvalue weighted by Gasteiger charge is 2.40. The second kappa shape index (κ2) is 5.57. The molecule has 1 aliphatic rings. The van der Waals surface area contributed by atoms with Gasteiger partial charge in [-0.05, 0) is 35.8 Å². The largest absolute Gasteiger partial charge is 0.480 e. The van der Waals surface area contributed by atoms with Gasteiger partial charge < -0.3 is 19.7 Å². The topological polar surface area (TPSA) is 82.8 Å². The fourth-order valence-electron chi connectivity index (χ4n) is 2.46. The average Bonchev–Trinajstić information content (AvgIpc) is 2.91. The molecule has 1 saturated heterocycles. The van der Waals surface area contributed by atoms with Crippen molar-refractivity contribution in [1.82, 2.24) is 9.47 Å². The molecule has 2 rings (SSSR count). The highest BCUT2D eigenvalue weighted by molar-refractivity contribution is 9.10. The summed E-state index contributed by atoms with van der Waals surface area (Å²) in [6.45, 7) is 3.93. The van der Waals surface area contributed by atoms with Gasteiger partial charge in [-0.15, -0.1) is 0 Å². The third-order valence-electron chi connectivity index (χ3n) is 3.42. The Kier molecular flexibility index (Phi) is 4.19. The lowest BCUT2D eigenvalue weighted by Crippen LogP contribution is -2.41. The normalized spacial score (nSPS) is 22.6. The Bertz CT molecular complexity index is 540. The van der Waals surface area contributed by atoms with Crippen LogP contribution < -0.4 is 0 Å². The van der Waals surface area contributed by atoms with Crippen LogP contribution in [-0.4, -0.2) is 50.2 Å². The maximum Gasteiger partial charge on any atom is 0.326 e. The van der Waals surface area contributed by atoms with Crippen LogP contribution in [0.15, 0.2) is 16.7 Å². The number of aliphatic hydroxyl groups is 1. The van der Waals surface area contributed by atoms with Gasteiger partial charge in [-0.25, -0.2) is 4.79 Å². The number of aliphatic carboxylic acids is 1. The number of rotatable bonds is 3. The predicted molar refractivity (Wildman–Crippen MR) is 75.6 cm³/mol. The summed E-state index contributed by atoms with van der Waals surface area (Å²) in [4.78, 5) is 25.0. The van der Waals surface area contributed by atoms with Crippen molar-refractivity contribution in [2.45, 2.75) is 38.5 Å². The first-order valence-electron chi connectivity index (χ1n) is 6.40. The molecular formula is C13H17BrN2O4. The predicted octanol–water partition coefficient (Wildman–Crippen LogP) is 1.49. The summed E-state index contributed by atoms with van der Waals surface area (Å²) in [6.07, 6.45) is 1.08. The molecule has 0 saturated carbocycles. The van der Waals surface area contributed by atoms with E-state index in [-0.39, 0.29) is 24.9 Å². The molecule has 1 aromatic rings. The summed E-state index contributed by atoms with van der Waals surface area (Å²) >= 11 is 3.33. The van der Waals surface area contributed by atoms with E-state index in [1.165, 1.54) is 4.90 Å². The monoisotopic (exact) mass is 344 g/mol. The number of aliphatic hydroxyl groups excluding tert-OH is 1. The molecule has 2 atom stereocenters. The fourth-order valence-corrected chi connectivity index (χ4v) is 2.90. The molecule has 2 heterocycles. The van der Waals surface area contributed by atoms with E-state index >= 15 is 0 Å². The van der Waals surface area contributed by atoms with Crippen molar-refractivity contribution in [2.24, 2.45) is 0 Å². The number of carbonyl (C=O) groups excluding carboxylic acids is 1. The number of amides is 1. The molecule has 0 aliphatic carbocycles. The number of likely N-dealkylation sites (tertiary alicyclic amines) is 1. The molecule has 0 bridgehead atoms. The summed E-state index contributed by atoms with van der Waals surface area (Å²) in [5.74, 6) is -1.45. The van der Waals surface area contributed by atoms with Gasteiger partial charge in [-0.3, -0.25) is 4.79 Å². The van der Waals surface area contributed by atoms with Gasteiger partial charge in [-0.1, -0.05) is 0 Å². The quantitative estimate of drug-likeness (QED) is 0.870. The Balaban J connectivity index is 2.33. The Morgan fingerprint density at radius 2 is 2.10 bits per heavy atom. The molecule has 0 aromatic carbocycles. The summed E-state index contributed by atoms with van der Waals surface area (Å²) < 4.78 is 2.55. The molecule has 2 N–H and O–H groups in total. The van der Waals surface area contributed by atoms with Gasteiger partial charge in [0.15, 0.2) is 0 Å². The Labute approximate surface area is 125 Å². The number of carboxylic acids is 1. The number of β-amino-alcohol motifs (C(OH)–C–C–N with tert-alkyl or cyclic N) is 1. The molecule has 0 unspecified atom stereocenters. The zero-order chi connectivity index (χ0) is 15.0. The van der Waals surface area contributed by atoms with Gasteiger partial charge in [0.05, 0.1) is 6.10 Å². The summed E-state index contributed by atoms with van der Waals surface area (Å²) in [5, 5.41) is 18.8. The van der Waals surface area contributed by atoms with Crippen LogP contribution in [0.4, 0.5) is 0 Å². The molecule has 20 heavy (non-hydrogen) atoms. The summed E-state index contributed by atoms with van der Waals surface area (Å²) in [6, 6.07) is 0.786. The van der Waals surface area contributed by atoms with Crippen LogP contribution in [0, 0.1) is 0 Å². The smallest absolute Gasteiger partial charge is 0.326 e. The van der Waals surface area contributed by atoms with E-state index in [0.29, 0.717) is 5.69 Å². The molecule has 1 fully saturated rings. The van der Waals surface area contributed by atoms with Gasteiger partial charge >= 0.3 is 5.97 Å². The summed E-state index contributed by atoms with van der Waals surface area (Å²) in [7, 11) is 0.